The van der Waals surface area contributed by atoms with E-state index in [4.69, 9.17) is 16.3 Å². The number of rotatable bonds is 4. The highest BCUT2D eigenvalue weighted by Gasteiger charge is 2.11. The van der Waals surface area contributed by atoms with Crippen molar-refractivity contribution in [2.24, 2.45) is 0 Å². The topological polar surface area (TPSA) is 35.5 Å². The number of methoxy groups -OCH3 is 1. The summed E-state index contributed by atoms with van der Waals surface area (Å²) in [7, 11) is 1.31. The van der Waals surface area contributed by atoms with Gasteiger partial charge in [-0.1, -0.05) is 39.7 Å². The van der Waals surface area contributed by atoms with Gasteiger partial charge in [-0.25, -0.2) is 9.18 Å². The Hall–Kier alpha value is -1.59. The van der Waals surface area contributed by atoms with Crippen LogP contribution in [0.3, 0.4) is 0 Å². The SMILES string of the molecule is COC(=O)c1ccc(COc2cccc(Cl)c2F)c(Br)c1. The summed E-state index contributed by atoms with van der Waals surface area (Å²) in [5.74, 6) is -0.947. The fourth-order valence-electron chi connectivity index (χ4n) is 1.66. The predicted octanol–water partition coefficient (Wildman–Crippen LogP) is 4.61. The molecule has 2 aromatic carbocycles. The van der Waals surface area contributed by atoms with Gasteiger partial charge in [0.05, 0.1) is 17.7 Å². The first-order valence-corrected chi connectivity index (χ1v) is 7.13. The van der Waals surface area contributed by atoms with Gasteiger partial charge in [0.15, 0.2) is 11.6 Å². The quantitative estimate of drug-likeness (QED) is 0.734. The van der Waals surface area contributed by atoms with Crippen molar-refractivity contribution in [2.75, 3.05) is 7.11 Å². The number of halogens is 3. The minimum atomic E-state index is -0.596. The van der Waals surface area contributed by atoms with Crippen molar-refractivity contribution in [3.63, 3.8) is 0 Å². The molecule has 0 radical (unpaired) electrons. The maximum absolute atomic E-state index is 13.7. The Kier molecular flexibility index (Phi) is 5.20. The van der Waals surface area contributed by atoms with Crippen LogP contribution in [0, 0.1) is 5.82 Å². The molecule has 0 amide bonds. The molecule has 0 aromatic heterocycles. The lowest BCUT2D eigenvalue weighted by atomic mass is 10.1. The maximum atomic E-state index is 13.7. The number of benzene rings is 2. The first kappa shape index (κ1) is 15.8. The van der Waals surface area contributed by atoms with Crippen LogP contribution in [0.5, 0.6) is 5.75 Å². The molecule has 0 fully saturated rings. The zero-order chi connectivity index (χ0) is 15.4. The van der Waals surface area contributed by atoms with Gasteiger partial charge < -0.3 is 9.47 Å². The lowest BCUT2D eigenvalue weighted by Crippen LogP contribution is -2.03. The standard InChI is InChI=1S/C15H11BrClFO3/c1-20-15(19)9-5-6-10(11(16)7-9)8-21-13-4-2-3-12(17)14(13)18/h2-7H,8H2,1H3. The monoisotopic (exact) mass is 372 g/mol. The van der Waals surface area contributed by atoms with Crippen LogP contribution in [0.1, 0.15) is 15.9 Å². The average Bonchev–Trinajstić information content (AvgIpc) is 2.49. The van der Waals surface area contributed by atoms with E-state index in [-0.39, 0.29) is 17.4 Å². The highest BCUT2D eigenvalue weighted by molar-refractivity contribution is 9.10. The molecule has 110 valence electrons. The van der Waals surface area contributed by atoms with Crippen molar-refractivity contribution in [1.29, 1.82) is 0 Å². The third-order valence-corrected chi connectivity index (χ3v) is 3.80. The molecule has 2 rings (SSSR count). The molecular formula is C15H11BrClFO3. The van der Waals surface area contributed by atoms with Gasteiger partial charge in [-0.05, 0) is 24.3 Å². The van der Waals surface area contributed by atoms with Gasteiger partial charge in [-0.15, -0.1) is 0 Å². The van der Waals surface area contributed by atoms with E-state index < -0.39 is 11.8 Å². The summed E-state index contributed by atoms with van der Waals surface area (Å²) in [6, 6.07) is 9.50. The average molecular weight is 374 g/mol. The second-order valence-corrected chi connectivity index (χ2v) is 5.40. The number of hydrogen-bond acceptors (Lipinski definition) is 3. The molecule has 2 aromatic rings. The Labute approximate surface area is 134 Å². The molecule has 0 aliphatic carbocycles. The van der Waals surface area contributed by atoms with Crippen LogP contribution in [0.25, 0.3) is 0 Å². The molecular weight excluding hydrogens is 363 g/mol. The summed E-state index contributed by atoms with van der Waals surface area (Å²) in [4.78, 5) is 11.4. The van der Waals surface area contributed by atoms with E-state index in [0.717, 1.165) is 5.56 Å². The first-order chi connectivity index (χ1) is 10.0. The summed E-state index contributed by atoms with van der Waals surface area (Å²) in [5.41, 5.74) is 1.18. The second-order valence-electron chi connectivity index (χ2n) is 4.14. The predicted molar refractivity (Wildman–Crippen MR) is 81.2 cm³/mol. The summed E-state index contributed by atoms with van der Waals surface area (Å²) in [6.45, 7) is 0.138. The van der Waals surface area contributed by atoms with Gasteiger partial charge in [0.1, 0.15) is 6.61 Å². The molecule has 0 heterocycles. The zero-order valence-corrected chi connectivity index (χ0v) is 13.4. The Morgan fingerprint density at radius 1 is 1.33 bits per heavy atom. The minimum absolute atomic E-state index is 0.00704. The second kappa shape index (κ2) is 6.91. The van der Waals surface area contributed by atoms with Crippen molar-refractivity contribution >= 4 is 33.5 Å². The Morgan fingerprint density at radius 3 is 2.76 bits per heavy atom. The summed E-state index contributed by atoms with van der Waals surface area (Å²) in [6.07, 6.45) is 0. The lowest BCUT2D eigenvalue weighted by Gasteiger charge is -2.10. The third kappa shape index (κ3) is 3.74. The Balaban J connectivity index is 2.13. The number of carbonyl (C=O) groups is 1. The zero-order valence-electron chi connectivity index (χ0n) is 11.0. The fourth-order valence-corrected chi connectivity index (χ4v) is 2.32. The molecule has 3 nitrogen and oxygen atoms in total. The van der Waals surface area contributed by atoms with Crippen LogP contribution in [0.15, 0.2) is 40.9 Å². The molecule has 0 saturated carbocycles. The smallest absolute Gasteiger partial charge is 0.337 e. The molecule has 6 heteroatoms. The molecule has 0 unspecified atom stereocenters. The number of carbonyl (C=O) groups excluding carboxylic acids is 1. The molecule has 21 heavy (non-hydrogen) atoms. The van der Waals surface area contributed by atoms with E-state index in [2.05, 4.69) is 20.7 Å². The number of ether oxygens (including phenoxy) is 2. The van der Waals surface area contributed by atoms with Gasteiger partial charge in [0.2, 0.25) is 0 Å². The highest BCUT2D eigenvalue weighted by Crippen LogP contribution is 2.26. The van der Waals surface area contributed by atoms with Crippen LogP contribution < -0.4 is 4.74 Å². The maximum Gasteiger partial charge on any atom is 0.337 e. The number of esters is 1. The molecule has 0 N–H and O–H groups in total. The van der Waals surface area contributed by atoms with Gasteiger partial charge >= 0.3 is 5.97 Å². The van der Waals surface area contributed by atoms with Crippen LogP contribution in [0.4, 0.5) is 4.39 Å². The van der Waals surface area contributed by atoms with E-state index >= 15 is 0 Å². The number of hydrogen-bond donors (Lipinski definition) is 0. The molecule has 0 aliphatic heterocycles. The van der Waals surface area contributed by atoms with Crippen LogP contribution in [-0.2, 0) is 11.3 Å². The summed E-state index contributed by atoms with van der Waals surface area (Å²) < 4.78 is 24.4. The highest BCUT2D eigenvalue weighted by atomic mass is 79.9. The van der Waals surface area contributed by atoms with Crippen molar-refractivity contribution in [3.8, 4) is 5.75 Å². The van der Waals surface area contributed by atoms with Gasteiger partial charge in [0, 0.05) is 10.0 Å². The van der Waals surface area contributed by atoms with Crippen LogP contribution >= 0.6 is 27.5 Å². The molecule has 0 saturated heterocycles. The molecule has 0 atom stereocenters. The summed E-state index contributed by atoms with van der Waals surface area (Å²) in [5, 5.41) is 0.00704. The fraction of sp³-hybridized carbons (Fsp3) is 0.133. The normalized spacial score (nSPS) is 10.3. The van der Waals surface area contributed by atoms with Crippen molar-refractivity contribution < 1.29 is 18.7 Å². The molecule has 0 bridgehead atoms. The van der Waals surface area contributed by atoms with Gasteiger partial charge in [0.25, 0.3) is 0 Å². The van der Waals surface area contributed by atoms with E-state index in [1.807, 2.05) is 0 Å². The molecule has 0 spiro atoms. The minimum Gasteiger partial charge on any atom is -0.486 e. The van der Waals surface area contributed by atoms with E-state index in [0.29, 0.717) is 10.0 Å². The van der Waals surface area contributed by atoms with Crippen molar-refractivity contribution in [2.45, 2.75) is 6.61 Å². The molecule has 0 aliphatic rings. The largest absolute Gasteiger partial charge is 0.486 e. The van der Waals surface area contributed by atoms with E-state index in [1.54, 1.807) is 24.3 Å². The Morgan fingerprint density at radius 2 is 2.10 bits per heavy atom. The van der Waals surface area contributed by atoms with Crippen molar-refractivity contribution in [3.05, 3.63) is 62.8 Å². The first-order valence-electron chi connectivity index (χ1n) is 5.96. The van der Waals surface area contributed by atoms with Crippen LogP contribution in [0.2, 0.25) is 5.02 Å². The summed E-state index contributed by atoms with van der Waals surface area (Å²) >= 11 is 9.03. The third-order valence-electron chi connectivity index (χ3n) is 2.77. The van der Waals surface area contributed by atoms with Gasteiger partial charge in [-0.2, -0.15) is 0 Å². The Bertz CT molecular complexity index is 676. The van der Waals surface area contributed by atoms with Gasteiger partial charge in [-0.3, -0.25) is 0 Å². The van der Waals surface area contributed by atoms with Crippen LogP contribution in [-0.4, -0.2) is 13.1 Å². The van der Waals surface area contributed by atoms with Crippen molar-refractivity contribution in [1.82, 2.24) is 0 Å². The van der Waals surface area contributed by atoms with E-state index in [1.165, 1.54) is 19.2 Å². The lowest BCUT2D eigenvalue weighted by molar-refractivity contribution is 0.0600. The van der Waals surface area contributed by atoms with E-state index in [9.17, 15) is 9.18 Å².